The third-order valence-corrected chi connectivity index (χ3v) is 7.31. The zero-order chi connectivity index (χ0) is 20.2. The number of rotatable bonds is 6. The molecule has 1 aromatic rings. The molecule has 2 bridgehead atoms. The molecular formula is C23H30O5. The van der Waals surface area contributed by atoms with Gasteiger partial charge >= 0.3 is 0 Å². The molecule has 1 aliphatic heterocycles. The minimum Gasteiger partial charge on any atom is -0.497 e. The molecule has 1 N–H and O–H groups in total. The molecule has 5 nitrogen and oxygen atoms in total. The Labute approximate surface area is 166 Å². The molecule has 1 saturated carbocycles. The van der Waals surface area contributed by atoms with Crippen LogP contribution in [0.1, 0.15) is 19.4 Å². The van der Waals surface area contributed by atoms with Crippen LogP contribution in [0.15, 0.2) is 49.1 Å². The minimum absolute atomic E-state index is 0.0174. The first-order valence-electron chi connectivity index (χ1n) is 9.82. The zero-order valence-corrected chi connectivity index (χ0v) is 17.1. The Morgan fingerprint density at radius 3 is 2.57 bits per heavy atom. The monoisotopic (exact) mass is 386 g/mol. The number of fused-ring (bicyclic) bond motifs is 1. The zero-order valence-electron chi connectivity index (χ0n) is 17.1. The molecule has 152 valence electrons. The predicted octanol–water partition coefficient (Wildman–Crippen LogP) is 3.33. The van der Waals surface area contributed by atoms with Crippen LogP contribution in [0, 0.1) is 23.2 Å². The second-order valence-corrected chi connectivity index (χ2v) is 8.50. The van der Waals surface area contributed by atoms with E-state index in [1.165, 1.54) is 0 Å². The summed E-state index contributed by atoms with van der Waals surface area (Å²) in [5, 5.41) is 11.8. The Morgan fingerprint density at radius 1 is 1.25 bits per heavy atom. The van der Waals surface area contributed by atoms with Crippen LogP contribution < -0.4 is 4.74 Å². The molecule has 1 aromatic carbocycles. The van der Waals surface area contributed by atoms with Crippen LogP contribution >= 0.6 is 0 Å². The van der Waals surface area contributed by atoms with Gasteiger partial charge in [-0.3, -0.25) is 0 Å². The molecule has 4 aliphatic rings. The lowest BCUT2D eigenvalue weighted by molar-refractivity contribution is -0.267. The minimum atomic E-state index is -1.21. The quantitative estimate of drug-likeness (QED) is 0.760. The Hall–Kier alpha value is -1.66. The van der Waals surface area contributed by atoms with E-state index in [1.807, 2.05) is 31.2 Å². The van der Waals surface area contributed by atoms with Crippen LogP contribution in [-0.2, 0) is 20.8 Å². The van der Waals surface area contributed by atoms with Crippen LogP contribution in [0.4, 0.5) is 0 Å². The normalized spacial score (nSPS) is 43.8. The molecule has 0 radical (unpaired) electrons. The number of hydrogen-bond donors (Lipinski definition) is 1. The first kappa shape index (κ1) is 19.6. The third kappa shape index (κ3) is 2.53. The summed E-state index contributed by atoms with van der Waals surface area (Å²) in [4.78, 5) is 0. The number of ether oxygens (including phenoxy) is 4. The lowest BCUT2D eigenvalue weighted by Gasteiger charge is -2.62. The van der Waals surface area contributed by atoms with Gasteiger partial charge in [-0.2, -0.15) is 0 Å². The van der Waals surface area contributed by atoms with Gasteiger partial charge in [-0.1, -0.05) is 37.3 Å². The summed E-state index contributed by atoms with van der Waals surface area (Å²) >= 11 is 0. The third-order valence-electron chi connectivity index (χ3n) is 7.31. The van der Waals surface area contributed by atoms with Gasteiger partial charge in [0.05, 0.1) is 26.4 Å². The molecule has 5 heteroatoms. The second-order valence-electron chi connectivity index (χ2n) is 8.50. The van der Waals surface area contributed by atoms with E-state index in [2.05, 4.69) is 25.7 Å². The highest BCUT2D eigenvalue weighted by atomic mass is 16.7. The van der Waals surface area contributed by atoms with E-state index >= 15 is 0 Å². The van der Waals surface area contributed by atoms with Gasteiger partial charge in [0.1, 0.15) is 11.4 Å². The summed E-state index contributed by atoms with van der Waals surface area (Å²) in [5.74, 6) is 0.346. The Bertz CT molecular complexity index is 774. The van der Waals surface area contributed by atoms with Gasteiger partial charge in [0.25, 0.3) is 0 Å². The molecule has 2 fully saturated rings. The van der Waals surface area contributed by atoms with Crippen molar-refractivity contribution in [3.8, 4) is 5.75 Å². The Kier molecular flexibility index (Phi) is 4.70. The molecular weight excluding hydrogens is 356 g/mol. The average molecular weight is 386 g/mol. The maximum atomic E-state index is 11.8. The summed E-state index contributed by atoms with van der Waals surface area (Å²) in [6.45, 7) is 9.00. The maximum absolute atomic E-state index is 11.8. The van der Waals surface area contributed by atoms with E-state index in [0.717, 1.165) is 11.3 Å². The van der Waals surface area contributed by atoms with E-state index in [0.29, 0.717) is 13.2 Å². The van der Waals surface area contributed by atoms with Crippen molar-refractivity contribution in [2.45, 2.75) is 37.9 Å². The number of aliphatic hydroxyl groups is 1. The lowest BCUT2D eigenvalue weighted by Crippen LogP contribution is -2.70. The highest BCUT2D eigenvalue weighted by Gasteiger charge is 2.71. The SMILES string of the molecule is C=C[C@]1(O)[C@@H](OCc2ccc(OC)cc2)[C@@H]2C=C[C@@]1(C)[C@@H]1[C@H]2CO[C@]1(C)OC. The maximum Gasteiger partial charge on any atom is 0.169 e. The molecule has 0 amide bonds. The Balaban J connectivity index is 1.64. The molecule has 28 heavy (non-hydrogen) atoms. The fourth-order valence-corrected chi connectivity index (χ4v) is 5.69. The van der Waals surface area contributed by atoms with Crippen molar-refractivity contribution >= 4 is 0 Å². The highest BCUT2D eigenvalue weighted by molar-refractivity contribution is 5.34. The van der Waals surface area contributed by atoms with Crippen LogP contribution in [0.25, 0.3) is 0 Å². The van der Waals surface area contributed by atoms with Crippen molar-refractivity contribution < 1.29 is 24.1 Å². The molecule has 1 heterocycles. The standard InChI is InChI=1S/C23H30O5/c1-6-23(24)20(27-13-15-7-9-16(25-4)10-8-15)17-11-12-21(23,2)19-18(17)14-28-22(19,3)26-5/h6-12,17-20,24H,1,13-14H2,2-5H3/t17-,18+,19+,20+,21+,22+,23+/m1/s1. The molecule has 3 aliphatic carbocycles. The van der Waals surface area contributed by atoms with E-state index in [4.69, 9.17) is 18.9 Å². The van der Waals surface area contributed by atoms with Crippen molar-refractivity contribution in [3.63, 3.8) is 0 Å². The van der Waals surface area contributed by atoms with Gasteiger partial charge in [0.2, 0.25) is 0 Å². The van der Waals surface area contributed by atoms with Crippen LogP contribution in [0.3, 0.4) is 0 Å². The van der Waals surface area contributed by atoms with Crippen LogP contribution in [-0.4, -0.2) is 43.4 Å². The number of hydrogen-bond acceptors (Lipinski definition) is 5. The van der Waals surface area contributed by atoms with E-state index in [1.54, 1.807) is 20.3 Å². The van der Waals surface area contributed by atoms with Gasteiger partial charge in [0.15, 0.2) is 5.79 Å². The predicted molar refractivity (Wildman–Crippen MR) is 106 cm³/mol. The van der Waals surface area contributed by atoms with E-state index in [9.17, 15) is 5.11 Å². The van der Waals surface area contributed by atoms with E-state index in [-0.39, 0.29) is 17.8 Å². The van der Waals surface area contributed by atoms with Crippen molar-refractivity contribution in [1.82, 2.24) is 0 Å². The summed E-state index contributed by atoms with van der Waals surface area (Å²) in [6, 6.07) is 7.79. The summed E-state index contributed by atoms with van der Waals surface area (Å²) in [7, 11) is 3.32. The highest BCUT2D eigenvalue weighted by Crippen LogP contribution is 2.64. The largest absolute Gasteiger partial charge is 0.497 e. The fraction of sp³-hybridized carbons (Fsp3) is 0.565. The lowest BCUT2D eigenvalue weighted by atomic mass is 9.46. The average Bonchev–Trinajstić information content (AvgIpc) is 3.09. The summed E-state index contributed by atoms with van der Waals surface area (Å²) < 4.78 is 23.4. The molecule has 1 saturated heterocycles. The summed E-state index contributed by atoms with van der Waals surface area (Å²) in [5.41, 5.74) is -0.781. The number of benzene rings is 1. The molecule has 7 atom stereocenters. The first-order valence-corrected chi connectivity index (χ1v) is 9.82. The van der Waals surface area contributed by atoms with Gasteiger partial charge in [-0.25, -0.2) is 0 Å². The molecule has 5 rings (SSSR count). The van der Waals surface area contributed by atoms with Gasteiger partial charge in [0, 0.05) is 30.3 Å². The molecule has 0 spiro atoms. The number of methoxy groups -OCH3 is 2. The van der Waals surface area contributed by atoms with Crippen LogP contribution in [0.2, 0.25) is 0 Å². The van der Waals surface area contributed by atoms with Crippen molar-refractivity contribution in [1.29, 1.82) is 0 Å². The van der Waals surface area contributed by atoms with Gasteiger partial charge in [-0.15, -0.1) is 6.58 Å². The van der Waals surface area contributed by atoms with Crippen molar-refractivity contribution in [2.75, 3.05) is 20.8 Å². The summed E-state index contributed by atoms with van der Waals surface area (Å²) in [6.07, 6.45) is 5.54. The fourth-order valence-electron chi connectivity index (χ4n) is 5.69. The van der Waals surface area contributed by atoms with E-state index < -0.39 is 22.9 Å². The van der Waals surface area contributed by atoms with Crippen LogP contribution in [0.5, 0.6) is 5.75 Å². The molecule has 0 aromatic heterocycles. The van der Waals surface area contributed by atoms with Gasteiger partial charge in [-0.05, 0) is 24.6 Å². The first-order chi connectivity index (χ1) is 13.3. The van der Waals surface area contributed by atoms with Crippen molar-refractivity contribution in [3.05, 3.63) is 54.6 Å². The van der Waals surface area contributed by atoms with Gasteiger partial charge < -0.3 is 24.1 Å². The smallest absolute Gasteiger partial charge is 0.169 e. The van der Waals surface area contributed by atoms with Crippen molar-refractivity contribution in [2.24, 2.45) is 23.2 Å². The molecule has 0 unspecified atom stereocenters. The topological polar surface area (TPSA) is 57.2 Å². The Morgan fingerprint density at radius 2 is 1.96 bits per heavy atom. The second kappa shape index (κ2) is 6.70.